The molecule has 2 aromatic carbocycles. The summed E-state index contributed by atoms with van der Waals surface area (Å²) in [6.07, 6.45) is 2.04. The lowest BCUT2D eigenvalue weighted by molar-refractivity contribution is -0.123. The van der Waals surface area contributed by atoms with Gasteiger partial charge >= 0.3 is 0 Å². The molecular formula is C23H22F2N2OS. The Morgan fingerprint density at radius 3 is 2.48 bits per heavy atom. The molecule has 1 saturated carbocycles. The highest BCUT2D eigenvalue weighted by molar-refractivity contribution is 7.10. The number of hydrogen-bond donors (Lipinski definition) is 1. The first-order valence-corrected chi connectivity index (χ1v) is 10.5. The van der Waals surface area contributed by atoms with Crippen LogP contribution in [0.2, 0.25) is 0 Å². The summed E-state index contributed by atoms with van der Waals surface area (Å²) in [4.78, 5) is 15.9. The Bertz CT molecular complexity index is 955. The lowest BCUT2D eigenvalue weighted by Crippen LogP contribution is -2.40. The molecular weight excluding hydrogens is 390 g/mol. The first kappa shape index (κ1) is 19.7. The summed E-state index contributed by atoms with van der Waals surface area (Å²) in [5.74, 6) is -0.688. The molecule has 1 atom stereocenters. The highest BCUT2D eigenvalue weighted by Gasteiger charge is 2.31. The number of carbonyl (C=O) groups is 1. The fourth-order valence-electron chi connectivity index (χ4n) is 3.42. The molecule has 150 valence electrons. The van der Waals surface area contributed by atoms with Crippen molar-refractivity contribution in [2.45, 2.75) is 31.5 Å². The summed E-state index contributed by atoms with van der Waals surface area (Å²) in [6.45, 7) is 0.604. The van der Waals surface area contributed by atoms with Gasteiger partial charge in [-0.3, -0.25) is 9.69 Å². The third-order valence-corrected chi connectivity index (χ3v) is 6.01. The Kier molecular flexibility index (Phi) is 6.02. The Balaban J connectivity index is 1.48. The van der Waals surface area contributed by atoms with Crippen LogP contribution in [0, 0.1) is 11.6 Å². The second-order valence-corrected chi connectivity index (χ2v) is 8.27. The number of thiophene rings is 1. The van der Waals surface area contributed by atoms with Crippen LogP contribution in [0.25, 0.3) is 0 Å². The van der Waals surface area contributed by atoms with Crippen LogP contribution in [0.3, 0.4) is 0 Å². The van der Waals surface area contributed by atoms with Gasteiger partial charge in [-0.05, 0) is 48.1 Å². The first-order valence-electron chi connectivity index (χ1n) is 9.66. The van der Waals surface area contributed by atoms with E-state index in [1.807, 2.05) is 28.5 Å². The predicted molar refractivity (Wildman–Crippen MR) is 111 cm³/mol. The quantitative estimate of drug-likeness (QED) is 0.571. The van der Waals surface area contributed by atoms with Gasteiger partial charge in [-0.1, -0.05) is 36.4 Å². The highest BCUT2D eigenvalue weighted by atomic mass is 32.1. The maximum absolute atomic E-state index is 14.1. The van der Waals surface area contributed by atoms with E-state index in [0.717, 1.165) is 23.3 Å². The molecule has 0 bridgehead atoms. The molecule has 4 rings (SSSR count). The van der Waals surface area contributed by atoms with Crippen molar-refractivity contribution >= 4 is 17.2 Å². The molecule has 0 spiro atoms. The van der Waals surface area contributed by atoms with Crippen LogP contribution >= 0.6 is 11.3 Å². The molecule has 0 aliphatic heterocycles. The molecule has 0 unspecified atom stereocenters. The molecule has 1 heterocycles. The Morgan fingerprint density at radius 2 is 1.83 bits per heavy atom. The third kappa shape index (κ3) is 5.08. The van der Waals surface area contributed by atoms with Crippen LogP contribution < -0.4 is 5.32 Å². The van der Waals surface area contributed by atoms with E-state index in [2.05, 4.69) is 5.32 Å². The number of benzene rings is 2. The van der Waals surface area contributed by atoms with E-state index < -0.39 is 0 Å². The topological polar surface area (TPSA) is 32.3 Å². The summed E-state index contributed by atoms with van der Waals surface area (Å²) >= 11 is 1.54. The van der Waals surface area contributed by atoms with Crippen LogP contribution in [-0.4, -0.2) is 23.4 Å². The summed E-state index contributed by atoms with van der Waals surface area (Å²) in [5, 5.41) is 5.03. The molecule has 1 amide bonds. The maximum atomic E-state index is 14.1. The zero-order valence-corrected chi connectivity index (χ0v) is 16.7. The Hall–Kier alpha value is -2.57. The second-order valence-electron chi connectivity index (χ2n) is 7.30. The molecule has 29 heavy (non-hydrogen) atoms. The van der Waals surface area contributed by atoms with Gasteiger partial charge in [0.1, 0.15) is 11.6 Å². The molecule has 1 aliphatic carbocycles. The van der Waals surface area contributed by atoms with Crippen LogP contribution in [0.4, 0.5) is 8.78 Å². The van der Waals surface area contributed by atoms with Crippen molar-refractivity contribution in [2.75, 3.05) is 6.54 Å². The van der Waals surface area contributed by atoms with Gasteiger partial charge in [0.15, 0.2) is 0 Å². The van der Waals surface area contributed by atoms with E-state index >= 15 is 0 Å². The number of nitrogens with zero attached hydrogens (tertiary/aromatic N) is 1. The van der Waals surface area contributed by atoms with Gasteiger partial charge < -0.3 is 5.32 Å². The first-order chi connectivity index (χ1) is 14.1. The minimum atomic E-state index is -0.336. The van der Waals surface area contributed by atoms with Gasteiger partial charge in [-0.2, -0.15) is 0 Å². The molecule has 1 N–H and O–H groups in total. The van der Waals surface area contributed by atoms with Gasteiger partial charge in [-0.25, -0.2) is 8.78 Å². The molecule has 3 aromatic rings. The smallest absolute Gasteiger partial charge is 0.234 e. The number of nitrogens with one attached hydrogen (secondary N) is 1. The minimum absolute atomic E-state index is 0.129. The molecule has 0 saturated heterocycles. The van der Waals surface area contributed by atoms with E-state index in [1.54, 1.807) is 35.6 Å². The van der Waals surface area contributed by atoms with Crippen molar-refractivity contribution in [2.24, 2.45) is 0 Å². The van der Waals surface area contributed by atoms with Crippen LogP contribution in [0.1, 0.15) is 34.9 Å². The zero-order chi connectivity index (χ0) is 20.2. The monoisotopic (exact) mass is 412 g/mol. The summed E-state index contributed by atoms with van der Waals surface area (Å²) < 4.78 is 27.4. The summed E-state index contributed by atoms with van der Waals surface area (Å²) in [7, 11) is 0. The van der Waals surface area contributed by atoms with E-state index in [9.17, 15) is 13.6 Å². The Morgan fingerprint density at radius 1 is 1.07 bits per heavy atom. The molecule has 6 heteroatoms. The second kappa shape index (κ2) is 8.84. The fourth-order valence-corrected chi connectivity index (χ4v) is 4.22. The van der Waals surface area contributed by atoms with Crippen molar-refractivity contribution in [3.8, 4) is 0 Å². The zero-order valence-electron chi connectivity index (χ0n) is 15.9. The summed E-state index contributed by atoms with van der Waals surface area (Å²) in [6, 6.07) is 16.7. The standard InChI is InChI=1S/C23H22F2N2OS/c24-18-9-7-16(8-10-18)23(21-6-3-13-29-21)26-22(28)15-27(19-11-12-19)14-17-4-1-2-5-20(17)25/h1-10,13,19,23H,11-12,14-15H2,(H,26,28)/t23-/m1/s1. The molecule has 3 nitrogen and oxygen atoms in total. The van der Waals surface area contributed by atoms with Gasteiger partial charge in [0.05, 0.1) is 12.6 Å². The van der Waals surface area contributed by atoms with Crippen LogP contribution in [-0.2, 0) is 11.3 Å². The van der Waals surface area contributed by atoms with E-state index in [0.29, 0.717) is 18.2 Å². The fraction of sp³-hybridized carbons (Fsp3) is 0.261. The van der Waals surface area contributed by atoms with Crippen molar-refractivity contribution in [3.05, 3.63) is 93.7 Å². The van der Waals surface area contributed by atoms with Gasteiger partial charge in [0.2, 0.25) is 5.91 Å². The minimum Gasteiger partial charge on any atom is -0.343 e. The molecule has 1 fully saturated rings. The SMILES string of the molecule is O=C(CN(Cc1ccccc1F)C1CC1)N[C@H](c1ccc(F)cc1)c1cccs1. The van der Waals surface area contributed by atoms with Crippen molar-refractivity contribution in [1.29, 1.82) is 0 Å². The maximum Gasteiger partial charge on any atom is 0.234 e. The van der Waals surface area contributed by atoms with E-state index in [4.69, 9.17) is 0 Å². The van der Waals surface area contributed by atoms with Gasteiger partial charge in [-0.15, -0.1) is 11.3 Å². The average molecular weight is 413 g/mol. The normalized spacial score (nSPS) is 14.7. The number of carbonyl (C=O) groups excluding carboxylic acids is 1. The van der Waals surface area contributed by atoms with E-state index in [-0.39, 0.29) is 30.1 Å². The van der Waals surface area contributed by atoms with Gasteiger partial charge in [0, 0.05) is 23.0 Å². The number of rotatable bonds is 8. The van der Waals surface area contributed by atoms with Crippen molar-refractivity contribution in [3.63, 3.8) is 0 Å². The third-order valence-electron chi connectivity index (χ3n) is 5.08. The summed E-state index contributed by atoms with van der Waals surface area (Å²) in [5.41, 5.74) is 1.43. The lowest BCUT2D eigenvalue weighted by atomic mass is 10.1. The Labute approximate surface area is 173 Å². The van der Waals surface area contributed by atoms with E-state index in [1.165, 1.54) is 18.2 Å². The lowest BCUT2D eigenvalue weighted by Gasteiger charge is -2.24. The van der Waals surface area contributed by atoms with Crippen molar-refractivity contribution in [1.82, 2.24) is 10.2 Å². The largest absolute Gasteiger partial charge is 0.343 e. The molecule has 0 radical (unpaired) electrons. The molecule has 1 aliphatic rings. The van der Waals surface area contributed by atoms with Crippen LogP contribution in [0.15, 0.2) is 66.0 Å². The van der Waals surface area contributed by atoms with Gasteiger partial charge in [0.25, 0.3) is 0 Å². The highest BCUT2D eigenvalue weighted by Crippen LogP contribution is 2.29. The average Bonchev–Trinajstić information content (AvgIpc) is 3.42. The van der Waals surface area contributed by atoms with Crippen LogP contribution in [0.5, 0.6) is 0 Å². The number of hydrogen-bond acceptors (Lipinski definition) is 3. The number of amides is 1. The molecule has 1 aromatic heterocycles. The predicted octanol–water partition coefficient (Wildman–Crippen LogP) is 4.90. The van der Waals surface area contributed by atoms with Crippen molar-refractivity contribution < 1.29 is 13.6 Å². The number of halogens is 2.